The zero-order chi connectivity index (χ0) is 13.8. The Labute approximate surface area is 116 Å². The molecule has 2 atom stereocenters. The maximum atomic E-state index is 10.5. The van der Waals surface area contributed by atoms with Crippen LogP contribution in [0.25, 0.3) is 0 Å². The van der Waals surface area contributed by atoms with Gasteiger partial charge in [-0.1, -0.05) is 6.07 Å². The molecule has 1 fully saturated rings. The molecule has 0 spiro atoms. The Bertz CT molecular complexity index is 411. The average molecular weight is 263 g/mol. The van der Waals surface area contributed by atoms with E-state index in [2.05, 4.69) is 11.4 Å². The van der Waals surface area contributed by atoms with Gasteiger partial charge in [-0.05, 0) is 63.4 Å². The minimum absolute atomic E-state index is 0.178. The van der Waals surface area contributed by atoms with Gasteiger partial charge in [0.2, 0.25) is 0 Å². The van der Waals surface area contributed by atoms with Crippen molar-refractivity contribution in [3.63, 3.8) is 0 Å². The molecule has 2 unspecified atom stereocenters. The van der Waals surface area contributed by atoms with Crippen LogP contribution in [0.15, 0.2) is 18.2 Å². The van der Waals surface area contributed by atoms with Gasteiger partial charge in [-0.25, -0.2) is 0 Å². The van der Waals surface area contributed by atoms with Crippen LogP contribution >= 0.6 is 0 Å². The lowest BCUT2D eigenvalue weighted by Gasteiger charge is -2.28. The van der Waals surface area contributed by atoms with E-state index < -0.39 is 0 Å². The van der Waals surface area contributed by atoms with E-state index in [1.807, 2.05) is 32.9 Å². The molecule has 1 aromatic carbocycles. The molecule has 0 amide bonds. The molecule has 0 bridgehead atoms. The van der Waals surface area contributed by atoms with Crippen molar-refractivity contribution in [1.29, 1.82) is 0 Å². The number of aliphatic hydroxyl groups excluding tert-OH is 1. The van der Waals surface area contributed by atoms with E-state index in [1.54, 1.807) is 0 Å². The summed E-state index contributed by atoms with van der Waals surface area (Å²) in [6, 6.07) is 6.02. The fourth-order valence-electron chi connectivity index (χ4n) is 2.66. The summed E-state index contributed by atoms with van der Waals surface area (Å²) in [6.45, 7) is 8.06. The fraction of sp³-hybridized carbons (Fsp3) is 0.625. The van der Waals surface area contributed by atoms with Crippen molar-refractivity contribution in [2.24, 2.45) is 5.92 Å². The number of hydrogen-bond acceptors (Lipinski definition) is 3. The first kappa shape index (κ1) is 14.4. The molecule has 3 heteroatoms. The Kier molecular flexibility index (Phi) is 4.83. The molecular weight excluding hydrogens is 238 g/mol. The van der Waals surface area contributed by atoms with E-state index in [9.17, 15) is 5.11 Å². The molecule has 1 aromatic rings. The molecule has 0 radical (unpaired) electrons. The van der Waals surface area contributed by atoms with Crippen molar-refractivity contribution in [3.8, 4) is 5.75 Å². The number of benzene rings is 1. The second-order valence-corrected chi connectivity index (χ2v) is 5.74. The molecule has 106 valence electrons. The second kappa shape index (κ2) is 6.40. The number of aliphatic hydroxyl groups is 1. The number of nitrogens with one attached hydrogen (secondary N) is 1. The number of hydrogen-bond donors (Lipinski definition) is 2. The molecule has 1 aliphatic rings. The van der Waals surface area contributed by atoms with Gasteiger partial charge in [0, 0.05) is 12.5 Å². The number of aryl methyl sites for hydroxylation is 1. The Morgan fingerprint density at radius 2 is 2.16 bits per heavy atom. The predicted molar refractivity (Wildman–Crippen MR) is 77.5 cm³/mol. The van der Waals surface area contributed by atoms with Crippen LogP contribution in [0, 0.1) is 12.8 Å². The zero-order valence-electron chi connectivity index (χ0n) is 12.1. The highest BCUT2D eigenvalue weighted by Crippen LogP contribution is 2.30. The molecule has 2 rings (SSSR count). The highest BCUT2D eigenvalue weighted by atomic mass is 16.5. The Hall–Kier alpha value is -1.06. The van der Waals surface area contributed by atoms with Crippen molar-refractivity contribution >= 4 is 0 Å². The summed E-state index contributed by atoms with van der Waals surface area (Å²) in [5.74, 6) is 1.23. The van der Waals surface area contributed by atoms with Crippen molar-refractivity contribution in [2.45, 2.75) is 45.8 Å². The van der Waals surface area contributed by atoms with Crippen LogP contribution in [0.4, 0.5) is 0 Å². The third-order valence-corrected chi connectivity index (χ3v) is 3.68. The first-order valence-corrected chi connectivity index (χ1v) is 7.24. The summed E-state index contributed by atoms with van der Waals surface area (Å²) in [4.78, 5) is 0. The van der Waals surface area contributed by atoms with Crippen LogP contribution in [0.5, 0.6) is 5.75 Å². The van der Waals surface area contributed by atoms with Crippen LogP contribution in [0.3, 0.4) is 0 Å². The molecule has 1 heterocycles. The first-order valence-electron chi connectivity index (χ1n) is 7.24. The highest BCUT2D eigenvalue weighted by molar-refractivity contribution is 5.37. The van der Waals surface area contributed by atoms with E-state index >= 15 is 0 Å². The van der Waals surface area contributed by atoms with Crippen molar-refractivity contribution in [2.75, 3.05) is 13.1 Å². The summed E-state index contributed by atoms with van der Waals surface area (Å²) < 4.78 is 5.73. The molecule has 1 saturated heterocycles. The third kappa shape index (κ3) is 3.71. The summed E-state index contributed by atoms with van der Waals surface area (Å²) in [5, 5.41) is 13.8. The molecule has 3 nitrogen and oxygen atoms in total. The monoisotopic (exact) mass is 263 g/mol. The lowest BCUT2D eigenvalue weighted by molar-refractivity contribution is 0.0920. The van der Waals surface area contributed by atoms with Gasteiger partial charge >= 0.3 is 0 Å². The van der Waals surface area contributed by atoms with Gasteiger partial charge in [0.05, 0.1) is 12.2 Å². The Morgan fingerprint density at radius 1 is 1.37 bits per heavy atom. The van der Waals surface area contributed by atoms with Crippen LogP contribution in [0.1, 0.15) is 43.9 Å². The smallest absolute Gasteiger partial charge is 0.122 e. The van der Waals surface area contributed by atoms with Gasteiger partial charge in [-0.3, -0.25) is 0 Å². The van der Waals surface area contributed by atoms with Crippen LogP contribution in [0.2, 0.25) is 0 Å². The maximum Gasteiger partial charge on any atom is 0.122 e. The summed E-state index contributed by atoms with van der Waals surface area (Å²) >= 11 is 0. The summed E-state index contributed by atoms with van der Waals surface area (Å²) in [6.07, 6.45) is 2.05. The fourth-order valence-corrected chi connectivity index (χ4v) is 2.66. The summed E-state index contributed by atoms with van der Waals surface area (Å²) in [5.41, 5.74) is 2.09. The van der Waals surface area contributed by atoms with E-state index in [-0.39, 0.29) is 12.2 Å². The zero-order valence-corrected chi connectivity index (χ0v) is 12.1. The second-order valence-electron chi connectivity index (χ2n) is 5.74. The first-order chi connectivity index (χ1) is 9.08. The minimum atomic E-state index is -0.375. The van der Waals surface area contributed by atoms with E-state index in [0.717, 1.165) is 42.8 Å². The molecule has 2 N–H and O–H groups in total. The van der Waals surface area contributed by atoms with Crippen LogP contribution in [-0.2, 0) is 0 Å². The van der Waals surface area contributed by atoms with Gasteiger partial charge in [-0.15, -0.1) is 0 Å². The SMILES string of the molecule is Cc1cc(C(O)C2CCCNC2)ccc1OC(C)C. The predicted octanol–water partition coefficient (Wildman–Crippen LogP) is 2.82. The largest absolute Gasteiger partial charge is 0.491 e. The summed E-state index contributed by atoms with van der Waals surface area (Å²) in [7, 11) is 0. The molecule has 19 heavy (non-hydrogen) atoms. The van der Waals surface area contributed by atoms with Gasteiger partial charge < -0.3 is 15.2 Å². The third-order valence-electron chi connectivity index (χ3n) is 3.68. The van der Waals surface area contributed by atoms with Crippen molar-refractivity contribution in [1.82, 2.24) is 5.32 Å². The lowest BCUT2D eigenvalue weighted by Crippen LogP contribution is -2.33. The van der Waals surface area contributed by atoms with E-state index in [0.29, 0.717) is 5.92 Å². The molecular formula is C16H25NO2. The van der Waals surface area contributed by atoms with E-state index in [4.69, 9.17) is 4.74 Å². The molecule has 0 saturated carbocycles. The number of piperidine rings is 1. The Balaban J connectivity index is 2.09. The van der Waals surface area contributed by atoms with Crippen molar-refractivity contribution in [3.05, 3.63) is 29.3 Å². The van der Waals surface area contributed by atoms with Gasteiger partial charge in [0.15, 0.2) is 0 Å². The Morgan fingerprint density at radius 3 is 2.74 bits per heavy atom. The lowest BCUT2D eigenvalue weighted by atomic mass is 9.89. The van der Waals surface area contributed by atoms with Crippen LogP contribution in [-0.4, -0.2) is 24.3 Å². The topological polar surface area (TPSA) is 41.5 Å². The quantitative estimate of drug-likeness (QED) is 0.877. The number of rotatable bonds is 4. The van der Waals surface area contributed by atoms with Gasteiger partial charge in [0.1, 0.15) is 5.75 Å². The van der Waals surface area contributed by atoms with Crippen LogP contribution < -0.4 is 10.1 Å². The highest BCUT2D eigenvalue weighted by Gasteiger charge is 2.23. The average Bonchev–Trinajstić information content (AvgIpc) is 2.41. The van der Waals surface area contributed by atoms with Gasteiger partial charge in [-0.2, -0.15) is 0 Å². The van der Waals surface area contributed by atoms with E-state index in [1.165, 1.54) is 0 Å². The van der Waals surface area contributed by atoms with Gasteiger partial charge in [0.25, 0.3) is 0 Å². The normalized spacial score (nSPS) is 21.4. The molecule has 1 aliphatic heterocycles. The van der Waals surface area contributed by atoms with Crippen molar-refractivity contribution < 1.29 is 9.84 Å². The molecule has 0 aromatic heterocycles. The minimum Gasteiger partial charge on any atom is -0.491 e. The maximum absolute atomic E-state index is 10.5. The standard InChI is InChI=1S/C16H25NO2/c1-11(2)19-15-7-6-13(9-12(15)3)16(18)14-5-4-8-17-10-14/h6-7,9,11,14,16-18H,4-5,8,10H2,1-3H3. The number of ether oxygens (including phenoxy) is 1. The molecule has 0 aliphatic carbocycles.